The molecule has 0 radical (unpaired) electrons. The van der Waals surface area contributed by atoms with Crippen molar-refractivity contribution in [2.24, 2.45) is 11.7 Å². The molecule has 1 heterocycles. The predicted molar refractivity (Wildman–Crippen MR) is 59.3 cm³/mol. The van der Waals surface area contributed by atoms with E-state index < -0.39 is 0 Å². The lowest BCUT2D eigenvalue weighted by Crippen LogP contribution is -2.48. The average molecular weight is 200 g/mol. The highest BCUT2D eigenvalue weighted by molar-refractivity contribution is 4.81. The van der Waals surface area contributed by atoms with Crippen LogP contribution in [0.4, 0.5) is 0 Å². The second kappa shape index (κ2) is 6.38. The molecule has 14 heavy (non-hydrogen) atoms. The molecule has 0 aromatic heterocycles. The molecule has 1 aliphatic heterocycles. The summed E-state index contributed by atoms with van der Waals surface area (Å²) in [5.74, 6) is 0.614. The van der Waals surface area contributed by atoms with Crippen molar-refractivity contribution in [3.05, 3.63) is 0 Å². The quantitative estimate of drug-likeness (QED) is 0.699. The molecule has 0 spiro atoms. The van der Waals surface area contributed by atoms with Crippen molar-refractivity contribution in [3.63, 3.8) is 0 Å². The molecule has 3 atom stereocenters. The molecular weight excluding hydrogens is 176 g/mol. The van der Waals surface area contributed by atoms with Crippen LogP contribution in [0.5, 0.6) is 0 Å². The Morgan fingerprint density at radius 1 is 1.57 bits per heavy atom. The lowest BCUT2D eigenvalue weighted by Gasteiger charge is -2.32. The SMILES string of the molecule is CCC(C)NC(CN)C1CCCOC1. The minimum absolute atomic E-state index is 0.435. The summed E-state index contributed by atoms with van der Waals surface area (Å²) in [6, 6.07) is 0.996. The predicted octanol–water partition coefficient (Wildman–Crippen LogP) is 1.13. The first-order valence-corrected chi connectivity index (χ1v) is 5.81. The van der Waals surface area contributed by atoms with E-state index in [1.165, 1.54) is 12.8 Å². The summed E-state index contributed by atoms with van der Waals surface area (Å²) in [7, 11) is 0. The minimum atomic E-state index is 0.435. The summed E-state index contributed by atoms with van der Waals surface area (Å²) in [5.41, 5.74) is 5.79. The van der Waals surface area contributed by atoms with Crippen LogP contribution in [0, 0.1) is 5.92 Å². The van der Waals surface area contributed by atoms with Crippen LogP contribution >= 0.6 is 0 Å². The van der Waals surface area contributed by atoms with E-state index in [-0.39, 0.29) is 0 Å². The molecule has 1 rings (SSSR count). The van der Waals surface area contributed by atoms with E-state index in [9.17, 15) is 0 Å². The number of ether oxygens (including phenoxy) is 1. The fourth-order valence-electron chi connectivity index (χ4n) is 1.96. The number of hydrogen-bond donors (Lipinski definition) is 2. The van der Waals surface area contributed by atoms with E-state index in [2.05, 4.69) is 19.2 Å². The molecule has 1 saturated heterocycles. The van der Waals surface area contributed by atoms with Gasteiger partial charge in [-0.1, -0.05) is 6.92 Å². The summed E-state index contributed by atoms with van der Waals surface area (Å²) in [5, 5.41) is 3.58. The standard InChI is InChI=1S/C11H24N2O/c1-3-9(2)13-11(7-12)10-5-4-6-14-8-10/h9-11,13H,3-8,12H2,1-2H3. The van der Waals surface area contributed by atoms with E-state index in [0.29, 0.717) is 18.0 Å². The molecule has 3 unspecified atom stereocenters. The van der Waals surface area contributed by atoms with Gasteiger partial charge in [0.2, 0.25) is 0 Å². The smallest absolute Gasteiger partial charge is 0.0509 e. The molecular formula is C11H24N2O. The highest BCUT2D eigenvalue weighted by atomic mass is 16.5. The number of rotatable bonds is 5. The summed E-state index contributed by atoms with van der Waals surface area (Å²) in [6.45, 7) is 6.94. The first-order valence-electron chi connectivity index (χ1n) is 5.81. The molecule has 0 aliphatic carbocycles. The van der Waals surface area contributed by atoms with Crippen LogP contribution in [0.15, 0.2) is 0 Å². The zero-order valence-electron chi connectivity index (χ0n) is 9.46. The van der Waals surface area contributed by atoms with Gasteiger partial charge in [0.15, 0.2) is 0 Å². The normalized spacial score (nSPS) is 27.2. The third-order valence-electron chi connectivity index (χ3n) is 3.13. The van der Waals surface area contributed by atoms with Crippen molar-refractivity contribution in [2.75, 3.05) is 19.8 Å². The molecule has 1 fully saturated rings. The van der Waals surface area contributed by atoms with Gasteiger partial charge in [-0.2, -0.15) is 0 Å². The van der Waals surface area contributed by atoms with E-state index in [4.69, 9.17) is 10.5 Å². The summed E-state index contributed by atoms with van der Waals surface area (Å²) in [6.07, 6.45) is 3.60. The second-order valence-electron chi connectivity index (χ2n) is 4.30. The van der Waals surface area contributed by atoms with Crippen LogP contribution < -0.4 is 11.1 Å². The Morgan fingerprint density at radius 3 is 2.86 bits per heavy atom. The van der Waals surface area contributed by atoms with Crippen LogP contribution in [0.1, 0.15) is 33.1 Å². The lowest BCUT2D eigenvalue weighted by molar-refractivity contribution is 0.0389. The Labute approximate surface area is 87.4 Å². The van der Waals surface area contributed by atoms with Gasteiger partial charge in [0.25, 0.3) is 0 Å². The Morgan fingerprint density at radius 2 is 2.36 bits per heavy atom. The molecule has 84 valence electrons. The summed E-state index contributed by atoms with van der Waals surface area (Å²) >= 11 is 0. The highest BCUT2D eigenvalue weighted by Gasteiger charge is 2.23. The van der Waals surface area contributed by atoms with Crippen molar-refractivity contribution < 1.29 is 4.74 Å². The fourth-order valence-corrected chi connectivity index (χ4v) is 1.96. The van der Waals surface area contributed by atoms with Gasteiger partial charge in [0, 0.05) is 25.2 Å². The van der Waals surface area contributed by atoms with Crippen molar-refractivity contribution >= 4 is 0 Å². The Hall–Kier alpha value is -0.120. The molecule has 1 aliphatic rings. The first kappa shape index (κ1) is 12.0. The third kappa shape index (κ3) is 3.56. The number of hydrogen-bond acceptors (Lipinski definition) is 3. The largest absolute Gasteiger partial charge is 0.381 e. The zero-order chi connectivity index (χ0) is 10.4. The van der Waals surface area contributed by atoms with Crippen LogP contribution in [0.25, 0.3) is 0 Å². The van der Waals surface area contributed by atoms with Gasteiger partial charge in [-0.25, -0.2) is 0 Å². The first-order chi connectivity index (χ1) is 6.77. The van der Waals surface area contributed by atoms with Gasteiger partial charge < -0.3 is 15.8 Å². The van der Waals surface area contributed by atoms with Gasteiger partial charge in [-0.3, -0.25) is 0 Å². The van der Waals surface area contributed by atoms with E-state index >= 15 is 0 Å². The third-order valence-corrected chi connectivity index (χ3v) is 3.13. The van der Waals surface area contributed by atoms with Crippen molar-refractivity contribution in [1.29, 1.82) is 0 Å². The molecule has 3 nitrogen and oxygen atoms in total. The van der Waals surface area contributed by atoms with Crippen LogP contribution in [0.3, 0.4) is 0 Å². The van der Waals surface area contributed by atoms with Crippen LogP contribution in [-0.4, -0.2) is 31.8 Å². The average Bonchev–Trinajstić information content (AvgIpc) is 2.26. The lowest BCUT2D eigenvalue weighted by atomic mass is 9.93. The van der Waals surface area contributed by atoms with Gasteiger partial charge in [-0.05, 0) is 32.1 Å². The molecule has 0 aromatic carbocycles. The Bertz CT molecular complexity index is 146. The Kier molecular flexibility index (Phi) is 5.45. The summed E-state index contributed by atoms with van der Waals surface area (Å²) in [4.78, 5) is 0. The number of nitrogens with one attached hydrogen (secondary N) is 1. The minimum Gasteiger partial charge on any atom is -0.381 e. The maximum atomic E-state index is 5.79. The highest BCUT2D eigenvalue weighted by Crippen LogP contribution is 2.17. The Balaban J connectivity index is 2.35. The van der Waals surface area contributed by atoms with Crippen molar-refractivity contribution in [2.45, 2.75) is 45.2 Å². The summed E-state index contributed by atoms with van der Waals surface area (Å²) < 4.78 is 5.48. The second-order valence-corrected chi connectivity index (χ2v) is 4.30. The van der Waals surface area contributed by atoms with E-state index in [0.717, 1.165) is 26.2 Å². The fraction of sp³-hybridized carbons (Fsp3) is 1.00. The number of nitrogens with two attached hydrogens (primary N) is 1. The molecule has 0 saturated carbocycles. The van der Waals surface area contributed by atoms with Crippen LogP contribution in [-0.2, 0) is 4.74 Å². The monoisotopic (exact) mass is 200 g/mol. The van der Waals surface area contributed by atoms with Gasteiger partial charge >= 0.3 is 0 Å². The van der Waals surface area contributed by atoms with Crippen LogP contribution in [0.2, 0.25) is 0 Å². The van der Waals surface area contributed by atoms with Crippen molar-refractivity contribution in [1.82, 2.24) is 5.32 Å². The van der Waals surface area contributed by atoms with E-state index in [1.54, 1.807) is 0 Å². The van der Waals surface area contributed by atoms with Gasteiger partial charge in [0.05, 0.1) is 6.61 Å². The van der Waals surface area contributed by atoms with Gasteiger partial charge in [-0.15, -0.1) is 0 Å². The van der Waals surface area contributed by atoms with Gasteiger partial charge in [0.1, 0.15) is 0 Å². The molecule has 0 aromatic rings. The molecule has 3 N–H and O–H groups in total. The maximum Gasteiger partial charge on any atom is 0.0509 e. The molecule has 0 bridgehead atoms. The molecule has 0 amide bonds. The maximum absolute atomic E-state index is 5.79. The zero-order valence-corrected chi connectivity index (χ0v) is 9.46. The van der Waals surface area contributed by atoms with Crippen molar-refractivity contribution in [3.8, 4) is 0 Å². The van der Waals surface area contributed by atoms with E-state index in [1.807, 2.05) is 0 Å². The topological polar surface area (TPSA) is 47.3 Å². The molecule has 3 heteroatoms.